The van der Waals surface area contributed by atoms with Gasteiger partial charge in [-0.15, -0.1) is 0 Å². The van der Waals surface area contributed by atoms with Gasteiger partial charge in [-0.25, -0.2) is 9.97 Å². The van der Waals surface area contributed by atoms with E-state index in [1.807, 2.05) is 37.3 Å². The van der Waals surface area contributed by atoms with E-state index in [9.17, 15) is 0 Å². The van der Waals surface area contributed by atoms with E-state index in [0.717, 1.165) is 18.1 Å². The number of nitrogens with one attached hydrogen (secondary N) is 1. The molecule has 0 radical (unpaired) electrons. The molecule has 0 fully saturated rings. The van der Waals surface area contributed by atoms with E-state index in [4.69, 9.17) is 0 Å². The Labute approximate surface area is 95.1 Å². The molecule has 5 heteroatoms. The number of hydrogen-bond acceptors (Lipinski definition) is 3. The second-order valence-corrected chi connectivity index (χ2v) is 3.76. The van der Waals surface area contributed by atoms with Gasteiger partial charge in [0.1, 0.15) is 11.9 Å². The van der Waals surface area contributed by atoms with Crippen LogP contribution in [0.4, 0.5) is 0 Å². The molecule has 0 aromatic carbocycles. The highest BCUT2D eigenvalue weighted by molar-refractivity contribution is 5.15. The zero-order valence-corrected chi connectivity index (χ0v) is 9.88. The van der Waals surface area contributed by atoms with Crippen molar-refractivity contribution in [2.45, 2.75) is 19.5 Å². The Morgan fingerprint density at radius 1 is 1.44 bits per heavy atom. The van der Waals surface area contributed by atoms with Crippen molar-refractivity contribution in [3.63, 3.8) is 0 Å². The second-order valence-electron chi connectivity index (χ2n) is 3.76. The summed E-state index contributed by atoms with van der Waals surface area (Å²) in [4.78, 5) is 8.76. The molecule has 0 aliphatic rings. The lowest BCUT2D eigenvalue weighted by Gasteiger charge is -2.14. The van der Waals surface area contributed by atoms with Crippen LogP contribution < -0.4 is 5.32 Å². The fourth-order valence-corrected chi connectivity index (χ4v) is 1.84. The standard InChI is InChI=1S/C11H17N5/c1-4-16-6-5-13-11(16)10(12-2)9-7-15(3)8-14-9/h5-8,10,12H,4H2,1-3H3. The Kier molecular flexibility index (Phi) is 3.05. The number of hydrogen-bond donors (Lipinski definition) is 1. The topological polar surface area (TPSA) is 47.7 Å². The fraction of sp³-hybridized carbons (Fsp3) is 0.455. The maximum Gasteiger partial charge on any atom is 0.132 e. The van der Waals surface area contributed by atoms with Crippen molar-refractivity contribution in [2.75, 3.05) is 7.05 Å². The predicted octanol–water partition coefficient (Wildman–Crippen LogP) is 0.945. The molecule has 0 spiro atoms. The molecule has 16 heavy (non-hydrogen) atoms. The van der Waals surface area contributed by atoms with Crippen molar-refractivity contribution in [3.8, 4) is 0 Å². The molecule has 1 N–H and O–H groups in total. The zero-order chi connectivity index (χ0) is 11.5. The summed E-state index contributed by atoms with van der Waals surface area (Å²) < 4.78 is 4.06. The first kappa shape index (κ1) is 10.9. The highest BCUT2D eigenvalue weighted by Gasteiger charge is 2.18. The van der Waals surface area contributed by atoms with E-state index in [1.165, 1.54) is 0 Å². The summed E-state index contributed by atoms with van der Waals surface area (Å²) in [5.41, 5.74) is 0.992. The predicted molar refractivity (Wildman–Crippen MR) is 62.0 cm³/mol. The van der Waals surface area contributed by atoms with E-state index < -0.39 is 0 Å². The molecule has 86 valence electrons. The van der Waals surface area contributed by atoms with Crippen molar-refractivity contribution >= 4 is 0 Å². The average Bonchev–Trinajstić information content (AvgIpc) is 2.89. The summed E-state index contributed by atoms with van der Waals surface area (Å²) in [5, 5.41) is 3.25. The minimum absolute atomic E-state index is 0.0520. The lowest BCUT2D eigenvalue weighted by molar-refractivity contribution is 0.580. The van der Waals surface area contributed by atoms with Gasteiger partial charge in [0.2, 0.25) is 0 Å². The maximum atomic E-state index is 4.40. The van der Waals surface area contributed by atoms with Gasteiger partial charge in [-0.1, -0.05) is 0 Å². The molecule has 1 atom stereocenters. The van der Waals surface area contributed by atoms with Crippen molar-refractivity contribution in [1.82, 2.24) is 24.4 Å². The molecule has 2 aromatic heterocycles. The Hall–Kier alpha value is -1.62. The number of rotatable bonds is 4. The molecule has 2 rings (SSSR count). The van der Waals surface area contributed by atoms with E-state index in [2.05, 4.69) is 26.8 Å². The third-order valence-electron chi connectivity index (χ3n) is 2.66. The molecular weight excluding hydrogens is 202 g/mol. The van der Waals surface area contributed by atoms with Crippen molar-refractivity contribution in [1.29, 1.82) is 0 Å². The summed E-state index contributed by atoms with van der Waals surface area (Å²) in [7, 11) is 3.89. The molecular formula is C11H17N5. The molecule has 0 saturated heterocycles. The monoisotopic (exact) mass is 219 g/mol. The number of aryl methyl sites for hydroxylation is 2. The zero-order valence-electron chi connectivity index (χ0n) is 9.88. The van der Waals surface area contributed by atoms with Gasteiger partial charge >= 0.3 is 0 Å². The van der Waals surface area contributed by atoms with Gasteiger partial charge in [0.15, 0.2) is 0 Å². The normalized spacial score (nSPS) is 12.9. The lowest BCUT2D eigenvalue weighted by Crippen LogP contribution is -2.22. The van der Waals surface area contributed by atoms with Crippen LogP contribution >= 0.6 is 0 Å². The van der Waals surface area contributed by atoms with Crippen LogP contribution in [0.3, 0.4) is 0 Å². The first-order chi connectivity index (χ1) is 7.76. The van der Waals surface area contributed by atoms with Crippen LogP contribution in [0.1, 0.15) is 24.5 Å². The van der Waals surface area contributed by atoms with Crippen molar-refractivity contribution in [2.24, 2.45) is 7.05 Å². The van der Waals surface area contributed by atoms with E-state index in [0.29, 0.717) is 0 Å². The summed E-state index contributed by atoms with van der Waals surface area (Å²) in [6.45, 7) is 3.02. The molecule has 0 aliphatic carbocycles. The van der Waals surface area contributed by atoms with E-state index >= 15 is 0 Å². The first-order valence-electron chi connectivity index (χ1n) is 5.42. The van der Waals surface area contributed by atoms with Crippen LogP contribution in [-0.4, -0.2) is 26.1 Å². The fourth-order valence-electron chi connectivity index (χ4n) is 1.84. The molecule has 0 saturated carbocycles. The molecule has 2 aromatic rings. The van der Waals surface area contributed by atoms with E-state index in [1.54, 1.807) is 6.33 Å². The summed E-state index contributed by atoms with van der Waals surface area (Å²) in [6, 6.07) is 0.0520. The van der Waals surface area contributed by atoms with Crippen LogP contribution in [0.15, 0.2) is 24.9 Å². The lowest BCUT2D eigenvalue weighted by atomic mass is 10.2. The Bertz CT molecular complexity index is 456. The molecule has 2 heterocycles. The van der Waals surface area contributed by atoms with Gasteiger partial charge < -0.3 is 14.5 Å². The molecule has 0 bridgehead atoms. The van der Waals surface area contributed by atoms with Gasteiger partial charge in [0.25, 0.3) is 0 Å². The Morgan fingerprint density at radius 3 is 2.81 bits per heavy atom. The molecule has 0 aliphatic heterocycles. The van der Waals surface area contributed by atoms with Crippen LogP contribution in [0.2, 0.25) is 0 Å². The molecule has 5 nitrogen and oxygen atoms in total. The largest absolute Gasteiger partial charge is 0.340 e. The van der Waals surface area contributed by atoms with Crippen LogP contribution in [0.25, 0.3) is 0 Å². The summed E-state index contributed by atoms with van der Waals surface area (Å²) in [6.07, 6.45) is 7.63. The molecule has 0 amide bonds. The smallest absolute Gasteiger partial charge is 0.132 e. The number of nitrogens with zero attached hydrogens (tertiary/aromatic N) is 4. The number of imidazole rings is 2. The minimum atomic E-state index is 0.0520. The van der Waals surface area contributed by atoms with Gasteiger partial charge in [-0.2, -0.15) is 0 Å². The third kappa shape index (κ3) is 1.86. The maximum absolute atomic E-state index is 4.40. The summed E-state index contributed by atoms with van der Waals surface area (Å²) >= 11 is 0. The molecule has 1 unspecified atom stereocenters. The van der Waals surface area contributed by atoms with Gasteiger partial charge in [-0.3, -0.25) is 0 Å². The van der Waals surface area contributed by atoms with Crippen LogP contribution in [-0.2, 0) is 13.6 Å². The van der Waals surface area contributed by atoms with Gasteiger partial charge in [-0.05, 0) is 14.0 Å². The van der Waals surface area contributed by atoms with Crippen molar-refractivity contribution < 1.29 is 0 Å². The quantitative estimate of drug-likeness (QED) is 0.832. The van der Waals surface area contributed by atoms with Crippen LogP contribution in [0.5, 0.6) is 0 Å². The Morgan fingerprint density at radius 2 is 2.25 bits per heavy atom. The van der Waals surface area contributed by atoms with Crippen molar-refractivity contribution in [3.05, 3.63) is 36.4 Å². The van der Waals surface area contributed by atoms with Gasteiger partial charge in [0, 0.05) is 32.2 Å². The summed E-state index contributed by atoms with van der Waals surface area (Å²) in [5.74, 6) is 1.00. The minimum Gasteiger partial charge on any atom is -0.340 e. The third-order valence-corrected chi connectivity index (χ3v) is 2.66. The van der Waals surface area contributed by atoms with E-state index in [-0.39, 0.29) is 6.04 Å². The van der Waals surface area contributed by atoms with Crippen LogP contribution in [0, 0.1) is 0 Å². The SMILES string of the molecule is CCn1ccnc1C(NC)c1cn(C)cn1. The van der Waals surface area contributed by atoms with Gasteiger partial charge in [0.05, 0.1) is 12.0 Å². The highest BCUT2D eigenvalue weighted by Crippen LogP contribution is 2.18. The average molecular weight is 219 g/mol. The number of aromatic nitrogens is 4. The highest BCUT2D eigenvalue weighted by atomic mass is 15.1. The first-order valence-corrected chi connectivity index (χ1v) is 5.42. The second kappa shape index (κ2) is 4.49. The Balaban J connectivity index is 2.36.